The Kier molecular flexibility index (Phi) is 6.06. The van der Waals surface area contributed by atoms with Crippen molar-refractivity contribution in [3.05, 3.63) is 77.4 Å². The molecule has 0 bridgehead atoms. The lowest BCUT2D eigenvalue weighted by Crippen LogP contribution is -2.37. The van der Waals surface area contributed by atoms with Gasteiger partial charge in [0, 0.05) is 12.5 Å². The van der Waals surface area contributed by atoms with Crippen molar-refractivity contribution < 1.29 is 8.42 Å². The van der Waals surface area contributed by atoms with E-state index in [9.17, 15) is 8.42 Å². The molecule has 5 nitrogen and oxygen atoms in total. The van der Waals surface area contributed by atoms with E-state index in [2.05, 4.69) is 36.1 Å². The number of hydrazone groups is 1. The lowest BCUT2D eigenvalue weighted by Gasteiger charge is -2.30. The molecule has 0 aromatic heterocycles. The molecule has 30 heavy (non-hydrogen) atoms. The Bertz CT molecular complexity index is 1030. The first-order valence-corrected chi connectivity index (χ1v) is 12.3. The van der Waals surface area contributed by atoms with Gasteiger partial charge in [0.15, 0.2) is 9.84 Å². The van der Waals surface area contributed by atoms with E-state index in [0.717, 1.165) is 41.9 Å². The van der Waals surface area contributed by atoms with Crippen molar-refractivity contribution in [2.75, 3.05) is 38.7 Å². The average Bonchev–Trinajstić information content (AvgIpc) is 3.06. The largest absolute Gasteiger partial charge is 0.309 e. The quantitative estimate of drug-likeness (QED) is 0.714. The Balaban J connectivity index is 1.72. The maximum atomic E-state index is 12.9. The molecule has 2 aliphatic heterocycles. The van der Waals surface area contributed by atoms with Crippen LogP contribution in [0, 0.1) is 5.92 Å². The van der Waals surface area contributed by atoms with Crippen LogP contribution in [-0.4, -0.2) is 62.7 Å². The van der Waals surface area contributed by atoms with E-state index in [1.54, 1.807) is 0 Å². The molecule has 2 aromatic rings. The van der Waals surface area contributed by atoms with Crippen LogP contribution in [0.1, 0.15) is 23.6 Å². The highest BCUT2D eigenvalue weighted by Crippen LogP contribution is 2.41. The van der Waals surface area contributed by atoms with Crippen LogP contribution in [0.2, 0.25) is 0 Å². The number of rotatable bonds is 6. The molecular weight excluding hydrogens is 394 g/mol. The zero-order valence-electron chi connectivity index (χ0n) is 17.6. The van der Waals surface area contributed by atoms with E-state index in [-0.39, 0.29) is 23.5 Å². The van der Waals surface area contributed by atoms with Gasteiger partial charge in [0.25, 0.3) is 0 Å². The van der Waals surface area contributed by atoms with Gasteiger partial charge in [0.05, 0.1) is 23.3 Å². The van der Waals surface area contributed by atoms with E-state index in [1.165, 1.54) is 0 Å². The summed E-state index contributed by atoms with van der Waals surface area (Å²) in [6, 6.07) is 20.1. The predicted molar refractivity (Wildman–Crippen MR) is 123 cm³/mol. The molecule has 2 unspecified atom stereocenters. The molecule has 2 heterocycles. The molecule has 0 spiro atoms. The molecule has 6 heteroatoms. The summed E-state index contributed by atoms with van der Waals surface area (Å²) in [5, 5.41) is 7.13. The second kappa shape index (κ2) is 8.74. The van der Waals surface area contributed by atoms with Crippen molar-refractivity contribution in [3.63, 3.8) is 0 Å². The molecule has 0 aliphatic carbocycles. The summed E-state index contributed by atoms with van der Waals surface area (Å²) in [6.45, 7) is 1.77. The molecule has 1 saturated heterocycles. The fourth-order valence-electron chi connectivity index (χ4n) is 4.41. The van der Waals surface area contributed by atoms with E-state index < -0.39 is 9.84 Å². The van der Waals surface area contributed by atoms with Crippen LogP contribution >= 0.6 is 0 Å². The minimum Gasteiger partial charge on any atom is -0.309 e. The molecular formula is C24H29N3O2S. The molecule has 2 aliphatic rings. The monoisotopic (exact) mass is 423 g/mol. The fourth-order valence-corrected chi connectivity index (χ4v) is 6.12. The number of fused-ring (bicyclic) bond motifs is 1. The maximum Gasteiger partial charge on any atom is 0.155 e. The molecule has 1 fully saturated rings. The van der Waals surface area contributed by atoms with E-state index in [1.807, 2.05) is 54.6 Å². The number of benzene rings is 2. The summed E-state index contributed by atoms with van der Waals surface area (Å²) in [6.07, 6.45) is 2.97. The Morgan fingerprint density at radius 1 is 1.07 bits per heavy atom. The first kappa shape index (κ1) is 20.8. The second-order valence-electron chi connectivity index (χ2n) is 8.40. The highest BCUT2D eigenvalue weighted by atomic mass is 32.2. The Labute approximate surface area is 179 Å². The molecule has 0 saturated carbocycles. The van der Waals surface area contributed by atoms with Gasteiger partial charge in [-0.3, -0.25) is 5.01 Å². The Morgan fingerprint density at radius 3 is 2.40 bits per heavy atom. The van der Waals surface area contributed by atoms with Crippen LogP contribution in [0.4, 0.5) is 0 Å². The number of sulfone groups is 1. The second-order valence-corrected chi connectivity index (χ2v) is 10.5. The van der Waals surface area contributed by atoms with Crippen LogP contribution in [0.5, 0.6) is 0 Å². The van der Waals surface area contributed by atoms with Gasteiger partial charge in [-0.05, 0) is 49.8 Å². The highest BCUT2D eigenvalue weighted by molar-refractivity contribution is 7.91. The van der Waals surface area contributed by atoms with Crippen LogP contribution in [0.15, 0.2) is 71.3 Å². The van der Waals surface area contributed by atoms with Gasteiger partial charge in [-0.15, -0.1) is 0 Å². The third kappa shape index (κ3) is 4.65. The van der Waals surface area contributed by atoms with Crippen molar-refractivity contribution in [3.8, 4) is 0 Å². The van der Waals surface area contributed by atoms with Gasteiger partial charge in [-0.25, -0.2) is 8.42 Å². The molecule has 2 aromatic carbocycles. The summed E-state index contributed by atoms with van der Waals surface area (Å²) in [5.41, 5.74) is 3.90. The number of nitrogens with zero attached hydrogens (tertiary/aromatic N) is 3. The van der Waals surface area contributed by atoms with Gasteiger partial charge < -0.3 is 4.90 Å². The molecule has 2 atom stereocenters. The zero-order chi connectivity index (χ0) is 21.1. The zero-order valence-corrected chi connectivity index (χ0v) is 18.4. The smallest absolute Gasteiger partial charge is 0.155 e. The lowest BCUT2D eigenvalue weighted by molar-refractivity contribution is 0.198. The fraction of sp³-hybridized carbons (Fsp3) is 0.375. The Hall–Kier alpha value is -2.44. The number of hydrogen-bond acceptors (Lipinski definition) is 5. The van der Waals surface area contributed by atoms with Gasteiger partial charge in [0.1, 0.15) is 0 Å². The Morgan fingerprint density at radius 2 is 1.73 bits per heavy atom. The summed E-state index contributed by atoms with van der Waals surface area (Å²) < 4.78 is 25.7. The van der Waals surface area contributed by atoms with E-state index in [4.69, 9.17) is 5.10 Å². The van der Waals surface area contributed by atoms with Crippen LogP contribution in [0.3, 0.4) is 0 Å². The maximum absolute atomic E-state index is 12.9. The van der Waals surface area contributed by atoms with Crippen molar-refractivity contribution in [2.24, 2.45) is 11.0 Å². The molecule has 0 N–H and O–H groups in total. The van der Waals surface area contributed by atoms with E-state index in [0.29, 0.717) is 0 Å². The summed E-state index contributed by atoms with van der Waals surface area (Å²) in [7, 11) is 0.946. The minimum absolute atomic E-state index is 0.0439. The standard InChI is InChI=1S/C24H29N3O2S/c1-26(2)14-9-15-27-24(20-12-7-4-8-13-20)22-18-30(28,29)17-21(23(22)25-27)16-19-10-5-3-6-11-19/h3-8,10-13,16,22,24H,9,14-15,17-18H2,1-2H3/b21-16-. The van der Waals surface area contributed by atoms with Crippen molar-refractivity contribution >= 4 is 21.6 Å². The lowest BCUT2D eigenvalue weighted by atomic mass is 9.87. The highest BCUT2D eigenvalue weighted by Gasteiger charge is 2.45. The van der Waals surface area contributed by atoms with Gasteiger partial charge in [-0.1, -0.05) is 60.7 Å². The first-order valence-electron chi connectivity index (χ1n) is 10.4. The number of hydrogen-bond donors (Lipinski definition) is 0. The molecule has 0 radical (unpaired) electrons. The molecule has 4 rings (SSSR count). The summed E-state index contributed by atoms with van der Waals surface area (Å²) in [5.74, 6) is 0.0758. The van der Waals surface area contributed by atoms with Crippen LogP contribution in [0.25, 0.3) is 6.08 Å². The average molecular weight is 424 g/mol. The first-order chi connectivity index (χ1) is 14.4. The van der Waals surface area contributed by atoms with Crippen molar-refractivity contribution in [2.45, 2.75) is 12.5 Å². The summed E-state index contributed by atoms with van der Waals surface area (Å²) >= 11 is 0. The summed E-state index contributed by atoms with van der Waals surface area (Å²) in [4.78, 5) is 2.17. The van der Waals surface area contributed by atoms with Crippen molar-refractivity contribution in [1.82, 2.24) is 9.91 Å². The van der Waals surface area contributed by atoms with Crippen LogP contribution in [-0.2, 0) is 9.84 Å². The van der Waals surface area contributed by atoms with Crippen molar-refractivity contribution in [1.29, 1.82) is 0 Å². The predicted octanol–water partition coefficient (Wildman–Crippen LogP) is 3.48. The van der Waals surface area contributed by atoms with Gasteiger partial charge in [-0.2, -0.15) is 5.10 Å². The normalized spacial score (nSPS) is 24.2. The SMILES string of the molecule is CN(C)CCCN1N=C2/C(=C\c3ccccc3)CS(=O)(=O)CC2C1c1ccccc1. The van der Waals surface area contributed by atoms with Gasteiger partial charge >= 0.3 is 0 Å². The minimum atomic E-state index is -3.19. The van der Waals surface area contributed by atoms with E-state index >= 15 is 0 Å². The van der Waals surface area contributed by atoms with Crippen LogP contribution < -0.4 is 0 Å². The topological polar surface area (TPSA) is 53.0 Å². The molecule has 158 valence electrons. The van der Waals surface area contributed by atoms with Gasteiger partial charge in [0.2, 0.25) is 0 Å². The third-order valence-electron chi connectivity index (χ3n) is 5.70. The third-order valence-corrected chi connectivity index (χ3v) is 7.32. The molecule has 0 amide bonds.